The summed E-state index contributed by atoms with van der Waals surface area (Å²) in [6.45, 7) is 6.57. The number of amides is 1. The van der Waals surface area contributed by atoms with E-state index in [1.807, 2.05) is 26.8 Å². The fraction of sp³-hybridized carbons (Fsp3) is 0.438. The number of nitrogens with zero attached hydrogens (tertiary/aromatic N) is 2. The maximum Gasteiger partial charge on any atom is 0.251 e. The van der Waals surface area contributed by atoms with Crippen LogP contribution in [0.15, 0.2) is 28.8 Å². The smallest absolute Gasteiger partial charge is 0.251 e. The third-order valence-corrected chi connectivity index (χ3v) is 3.08. The third kappa shape index (κ3) is 4.79. The van der Waals surface area contributed by atoms with Gasteiger partial charge in [0.1, 0.15) is 0 Å². The predicted octanol–water partition coefficient (Wildman–Crippen LogP) is 1.70. The van der Waals surface area contributed by atoms with Gasteiger partial charge in [-0.15, -0.1) is 0 Å². The largest absolute Gasteiger partial charge is 0.395 e. The van der Waals surface area contributed by atoms with E-state index in [2.05, 4.69) is 20.8 Å². The normalized spacial score (nSPS) is 11.3. The van der Waals surface area contributed by atoms with Gasteiger partial charge in [-0.25, -0.2) is 0 Å². The van der Waals surface area contributed by atoms with Crippen molar-refractivity contribution in [1.82, 2.24) is 15.5 Å². The number of carbonyl (C=O) groups excluding carboxylic acids is 1. The highest BCUT2D eigenvalue weighted by Crippen LogP contribution is 2.20. The summed E-state index contributed by atoms with van der Waals surface area (Å²) in [5.41, 5.74) is 1.12. The molecule has 124 valence electrons. The molecule has 7 nitrogen and oxygen atoms in total. The second-order valence-electron chi connectivity index (χ2n) is 6.18. The lowest BCUT2D eigenvalue weighted by Gasteiger charge is -2.10. The molecule has 1 aromatic carbocycles. The van der Waals surface area contributed by atoms with E-state index in [1.165, 1.54) is 0 Å². The molecule has 0 saturated heterocycles. The van der Waals surface area contributed by atoms with E-state index in [4.69, 9.17) is 9.63 Å². The topological polar surface area (TPSA) is 100 Å². The highest BCUT2D eigenvalue weighted by molar-refractivity contribution is 5.95. The van der Waals surface area contributed by atoms with Gasteiger partial charge in [0.25, 0.3) is 5.91 Å². The van der Waals surface area contributed by atoms with Gasteiger partial charge in [0.15, 0.2) is 5.82 Å². The average molecular weight is 318 g/mol. The van der Waals surface area contributed by atoms with Gasteiger partial charge in [0.05, 0.1) is 13.2 Å². The number of carbonyl (C=O) groups is 1. The number of rotatable bonds is 6. The van der Waals surface area contributed by atoms with Gasteiger partial charge in [-0.3, -0.25) is 4.79 Å². The Hall–Kier alpha value is -2.41. The van der Waals surface area contributed by atoms with Crippen LogP contribution in [0.3, 0.4) is 0 Å². The van der Waals surface area contributed by atoms with Crippen molar-refractivity contribution in [2.75, 3.05) is 18.5 Å². The van der Waals surface area contributed by atoms with Gasteiger partial charge < -0.3 is 20.3 Å². The second-order valence-corrected chi connectivity index (χ2v) is 6.18. The SMILES string of the molecule is CC(C)(C)c1nc(CNc2cccc(C(=O)NCCO)c2)no1. The molecule has 0 unspecified atom stereocenters. The third-order valence-electron chi connectivity index (χ3n) is 3.08. The highest BCUT2D eigenvalue weighted by Gasteiger charge is 2.21. The van der Waals surface area contributed by atoms with Crippen LogP contribution in [0, 0.1) is 0 Å². The number of hydrogen-bond donors (Lipinski definition) is 3. The molecule has 3 N–H and O–H groups in total. The van der Waals surface area contributed by atoms with Gasteiger partial charge in [0.2, 0.25) is 5.89 Å². The quantitative estimate of drug-likeness (QED) is 0.749. The molecule has 0 aliphatic carbocycles. The van der Waals surface area contributed by atoms with E-state index >= 15 is 0 Å². The van der Waals surface area contributed by atoms with Crippen molar-refractivity contribution in [3.05, 3.63) is 41.5 Å². The molecule has 1 aromatic heterocycles. The minimum Gasteiger partial charge on any atom is -0.395 e. The molecular formula is C16H22N4O3. The first-order valence-electron chi connectivity index (χ1n) is 7.46. The van der Waals surface area contributed by atoms with E-state index in [1.54, 1.807) is 18.2 Å². The number of aliphatic hydroxyl groups is 1. The fourth-order valence-electron chi connectivity index (χ4n) is 1.85. The van der Waals surface area contributed by atoms with Crippen molar-refractivity contribution < 1.29 is 14.4 Å². The molecule has 0 bridgehead atoms. The maximum absolute atomic E-state index is 11.9. The lowest BCUT2D eigenvalue weighted by Crippen LogP contribution is -2.26. The van der Waals surface area contributed by atoms with E-state index in [-0.39, 0.29) is 24.5 Å². The number of hydrogen-bond acceptors (Lipinski definition) is 6. The zero-order valence-corrected chi connectivity index (χ0v) is 13.6. The molecule has 0 fully saturated rings. The van der Waals surface area contributed by atoms with Crippen molar-refractivity contribution in [2.45, 2.75) is 32.7 Å². The Bertz CT molecular complexity index is 661. The van der Waals surface area contributed by atoms with Crippen molar-refractivity contribution in [3.8, 4) is 0 Å². The molecule has 2 aromatic rings. The number of benzene rings is 1. The molecule has 0 aliphatic heterocycles. The number of nitrogens with one attached hydrogen (secondary N) is 2. The van der Waals surface area contributed by atoms with Crippen LogP contribution in [0.4, 0.5) is 5.69 Å². The van der Waals surface area contributed by atoms with Crippen LogP contribution in [-0.2, 0) is 12.0 Å². The minimum absolute atomic E-state index is 0.0857. The van der Waals surface area contributed by atoms with Crippen LogP contribution < -0.4 is 10.6 Å². The van der Waals surface area contributed by atoms with E-state index < -0.39 is 0 Å². The average Bonchev–Trinajstić information content (AvgIpc) is 3.00. The summed E-state index contributed by atoms with van der Waals surface area (Å²) in [7, 11) is 0. The van der Waals surface area contributed by atoms with Crippen molar-refractivity contribution in [3.63, 3.8) is 0 Å². The number of anilines is 1. The first-order valence-corrected chi connectivity index (χ1v) is 7.46. The Morgan fingerprint density at radius 2 is 2.13 bits per heavy atom. The van der Waals surface area contributed by atoms with Crippen LogP contribution in [0.25, 0.3) is 0 Å². The van der Waals surface area contributed by atoms with Gasteiger partial charge in [0, 0.05) is 23.2 Å². The molecule has 2 rings (SSSR count). The first kappa shape index (κ1) is 17.0. The van der Waals surface area contributed by atoms with Crippen LogP contribution in [0.5, 0.6) is 0 Å². The molecule has 0 aliphatic rings. The summed E-state index contributed by atoms with van der Waals surface area (Å²) in [5.74, 6) is 0.925. The lowest BCUT2D eigenvalue weighted by molar-refractivity contribution is 0.0945. The summed E-state index contributed by atoms with van der Waals surface area (Å²) in [4.78, 5) is 16.2. The summed E-state index contributed by atoms with van der Waals surface area (Å²) < 4.78 is 5.23. The predicted molar refractivity (Wildman–Crippen MR) is 86.2 cm³/mol. The molecule has 0 radical (unpaired) electrons. The van der Waals surface area contributed by atoms with E-state index in [0.717, 1.165) is 5.69 Å². The van der Waals surface area contributed by atoms with Crippen LogP contribution >= 0.6 is 0 Å². The van der Waals surface area contributed by atoms with Crippen LogP contribution in [0.1, 0.15) is 42.8 Å². The van der Waals surface area contributed by atoms with Crippen LogP contribution in [0.2, 0.25) is 0 Å². The number of aromatic nitrogens is 2. The minimum atomic E-state index is -0.225. The van der Waals surface area contributed by atoms with Crippen molar-refractivity contribution in [2.24, 2.45) is 0 Å². The molecule has 0 atom stereocenters. The summed E-state index contributed by atoms with van der Waals surface area (Å²) in [6, 6.07) is 7.09. The zero-order valence-electron chi connectivity index (χ0n) is 13.6. The monoisotopic (exact) mass is 318 g/mol. The van der Waals surface area contributed by atoms with E-state index in [9.17, 15) is 4.79 Å². The number of aliphatic hydroxyl groups excluding tert-OH is 1. The Morgan fingerprint density at radius 3 is 2.78 bits per heavy atom. The van der Waals surface area contributed by atoms with Gasteiger partial charge in [-0.2, -0.15) is 4.98 Å². The highest BCUT2D eigenvalue weighted by atomic mass is 16.5. The Morgan fingerprint density at radius 1 is 1.35 bits per heavy atom. The van der Waals surface area contributed by atoms with Gasteiger partial charge >= 0.3 is 0 Å². The summed E-state index contributed by atoms with van der Waals surface area (Å²) >= 11 is 0. The molecule has 7 heteroatoms. The standard InChI is InChI=1S/C16H22N4O3/c1-16(2,3)15-19-13(20-23-15)10-18-12-6-4-5-11(9-12)14(22)17-7-8-21/h4-6,9,18,21H,7-8,10H2,1-3H3,(H,17,22). The van der Waals surface area contributed by atoms with E-state index in [0.29, 0.717) is 23.8 Å². The molecular weight excluding hydrogens is 296 g/mol. The molecule has 1 amide bonds. The molecule has 0 spiro atoms. The Labute approximate surface area is 135 Å². The van der Waals surface area contributed by atoms with Crippen molar-refractivity contribution in [1.29, 1.82) is 0 Å². The van der Waals surface area contributed by atoms with Gasteiger partial charge in [-0.05, 0) is 18.2 Å². The second kappa shape index (κ2) is 7.23. The first-order chi connectivity index (χ1) is 10.9. The van der Waals surface area contributed by atoms with Gasteiger partial charge in [-0.1, -0.05) is 32.0 Å². The molecule has 0 saturated carbocycles. The summed E-state index contributed by atoms with van der Waals surface area (Å²) in [6.07, 6.45) is 0. The lowest BCUT2D eigenvalue weighted by atomic mass is 9.97. The Kier molecular flexibility index (Phi) is 5.33. The molecule has 23 heavy (non-hydrogen) atoms. The Balaban J connectivity index is 1.98. The molecule has 1 heterocycles. The van der Waals surface area contributed by atoms with Crippen molar-refractivity contribution >= 4 is 11.6 Å². The fourth-order valence-corrected chi connectivity index (χ4v) is 1.85. The van der Waals surface area contributed by atoms with Crippen LogP contribution in [-0.4, -0.2) is 34.3 Å². The zero-order chi connectivity index (χ0) is 16.9. The summed E-state index contributed by atoms with van der Waals surface area (Å²) in [5, 5.41) is 18.5. The maximum atomic E-state index is 11.9.